The van der Waals surface area contributed by atoms with Gasteiger partial charge in [0.1, 0.15) is 0 Å². The summed E-state index contributed by atoms with van der Waals surface area (Å²) < 4.78 is 0. The van der Waals surface area contributed by atoms with Gasteiger partial charge in [-0.1, -0.05) is 11.6 Å². The SMILES string of the molecule is O=C(NC1CCN(c2ccc(Cl)cc2)C1)N1CCCC1CO. The van der Waals surface area contributed by atoms with Crippen LogP contribution in [0.15, 0.2) is 24.3 Å². The van der Waals surface area contributed by atoms with Gasteiger partial charge in [-0.3, -0.25) is 0 Å². The van der Waals surface area contributed by atoms with Crippen molar-refractivity contribution in [3.63, 3.8) is 0 Å². The topological polar surface area (TPSA) is 55.8 Å². The van der Waals surface area contributed by atoms with E-state index in [2.05, 4.69) is 10.2 Å². The lowest BCUT2D eigenvalue weighted by atomic mass is 10.2. The molecular formula is C16H22ClN3O2. The van der Waals surface area contributed by atoms with Crippen LogP contribution in [0.25, 0.3) is 0 Å². The molecule has 22 heavy (non-hydrogen) atoms. The van der Waals surface area contributed by atoms with Crippen LogP contribution in [0, 0.1) is 0 Å². The van der Waals surface area contributed by atoms with Crippen LogP contribution in [0.5, 0.6) is 0 Å². The standard InChI is InChI=1S/C16H22ClN3O2/c17-12-3-5-14(6-4-12)19-9-7-13(10-19)18-16(22)20-8-1-2-15(20)11-21/h3-6,13,15,21H,1-2,7-11H2,(H,18,22). The van der Waals surface area contributed by atoms with Crippen LogP contribution in [0.2, 0.25) is 5.02 Å². The summed E-state index contributed by atoms with van der Waals surface area (Å²) >= 11 is 5.91. The van der Waals surface area contributed by atoms with E-state index in [9.17, 15) is 9.90 Å². The molecule has 0 saturated carbocycles. The number of anilines is 1. The van der Waals surface area contributed by atoms with Crippen molar-refractivity contribution in [3.8, 4) is 0 Å². The van der Waals surface area contributed by atoms with E-state index in [1.807, 2.05) is 24.3 Å². The zero-order valence-corrected chi connectivity index (χ0v) is 13.3. The number of hydrogen-bond acceptors (Lipinski definition) is 3. The molecule has 0 bridgehead atoms. The fourth-order valence-corrected chi connectivity index (χ4v) is 3.44. The van der Waals surface area contributed by atoms with Gasteiger partial charge in [0.05, 0.1) is 12.6 Å². The molecule has 2 heterocycles. The van der Waals surface area contributed by atoms with Crippen LogP contribution in [0.1, 0.15) is 19.3 Å². The molecule has 2 N–H and O–H groups in total. The summed E-state index contributed by atoms with van der Waals surface area (Å²) in [7, 11) is 0. The van der Waals surface area contributed by atoms with Gasteiger partial charge >= 0.3 is 6.03 Å². The van der Waals surface area contributed by atoms with Crippen molar-refractivity contribution in [2.75, 3.05) is 31.1 Å². The zero-order valence-electron chi connectivity index (χ0n) is 12.5. The van der Waals surface area contributed by atoms with Gasteiger partial charge in [-0.2, -0.15) is 0 Å². The van der Waals surface area contributed by atoms with Crippen molar-refractivity contribution in [1.29, 1.82) is 0 Å². The van der Waals surface area contributed by atoms with E-state index >= 15 is 0 Å². The smallest absolute Gasteiger partial charge is 0.318 e. The van der Waals surface area contributed by atoms with Crippen LogP contribution in [-0.2, 0) is 0 Å². The van der Waals surface area contributed by atoms with Crippen LogP contribution in [0.3, 0.4) is 0 Å². The Kier molecular flexibility index (Phi) is 4.74. The Hall–Kier alpha value is -1.46. The lowest BCUT2D eigenvalue weighted by Crippen LogP contribution is -2.48. The number of amides is 2. The van der Waals surface area contributed by atoms with Crippen LogP contribution in [-0.4, -0.2) is 54.4 Å². The molecule has 2 aliphatic heterocycles. The summed E-state index contributed by atoms with van der Waals surface area (Å²) in [6, 6.07) is 7.89. The van der Waals surface area contributed by atoms with Crippen molar-refractivity contribution in [3.05, 3.63) is 29.3 Å². The first-order valence-corrected chi connectivity index (χ1v) is 8.23. The van der Waals surface area contributed by atoms with E-state index in [1.54, 1.807) is 4.90 Å². The summed E-state index contributed by atoms with van der Waals surface area (Å²) in [6.45, 7) is 2.53. The Balaban J connectivity index is 1.54. The highest BCUT2D eigenvalue weighted by molar-refractivity contribution is 6.30. The number of benzene rings is 1. The zero-order chi connectivity index (χ0) is 15.5. The Bertz CT molecular complexity index is 523. The number of nitrogens with one attached hydrogen (secondary N) is 1. The average molecular weight is 324 g/mol. The van der Waals surface area contributed by atoms with Gasteiger partial charge in [0.25, 0.3) is 0 Å². The van der Waals surface area contributed by atoms with Crippen LogP contribution in [0.4, 0.5) is 10.5 Å². The first-order valence-electron chi connectivity index (χ1n) is 7.86. The van der Waals surface area contributed by atoms with Gasteiger partial charge in [-0.15, -0.1) is 0 Å². The van der Waals surface area contributed by atoms with Gasteiger partial charge in [0.15, 0.2) is 0 Å². The van der Waals surface area contributed by atoms with Gasteiger partial charge in [0, 0.05) is 36.4 Å². The molecule has 2 amide bonds. The third-order valence-corrected chi connectivity index (χ3v) is 4.81. The first kappa shape index (κ1) is 15.4. The van der Waals surface area contributed by atoms with E-state index in [-0.39, 0.29) is 24.7 Å². The molecule has 2 unspecified atom stereocenters. The number of aliphatic hydroxyl groups is 1. The monoisotopic (exact) mass is 323 g/mol. The molecular weight excluding hydrogens is 302 g/mol. The van der Waals surface area contributed by atoms with Crippen molar-refractivity contribution in [1.82, 2.24) is 10.2 Å². The molecule has 3 rings (SSSR count). The average Bonchev–Trinajstić information content (AvgIpc) is 3.16. The van der Waals surface area contributed by atoms with Crippen LogP contribution >= 0.6 is 11.6 Å². The predicted molar refractivity (Wildman–Crippen MR) is 87.4 cm³/mol. The highest BCUT2D eigenvalue weighted by Crippen LogP contribution is 2.23. The highest BCUT2D eigenvalue weighted by Gasteiger charge is 2.31. The molecule has 2 atom stereocenters. The van der Waals surface area contributed by atoms with Crippen LogP contribution < -0.4 is 10.2 Å². The minimum Gasteiger partial charge on any atom is -0.394 e. The molecule has 5 nitrogen and oxygen atoms in total. The third-order valence-electron chi connectivity index (χ3n) is 4.56. The molecule has 2 aliphatic rings. The Morgan fingerprint density at radius 1 is 1.27 bits per heavy atom. The maximum Gasteiger partial charge on any atom is 0.318 e. The molecule has 6 heteroatoms. The number of urea groups is 1. The minimum atomic E-state index is -0.0421. The second-order valence-electron chi connectivity index (χ2n) is 6.03. The second-order valence-corrected chi connectivity index (χ2v) is 6.47. The van der Waals surface area contributed by atoms with Gasteiger partial charge in [-0.25, -0.2) is 4.79 Å². The summed E-state index contributed by atoms with van der Waals surface area (Å²) in [5.41, 5.74) is 1.13. The van der Waals surface area contributed by atoms with E-state index < -0.39 is 0 Å². The number of rotatable bonds is 3. The van der Waals surface area contributed by atoms with Gasteiger partial charge < -0.3 is 20.2 Å². The molecule has 0 spiro atoms. The summed E-state index contributed by atoms with van der Waals surface area (Å²) in [5, 5.41) is 13.2. The molecule has 1 aromatic rings. The van der Waals surface area contributed by atoms with Crippen molar-refractivity contribution in [2.45, 2.75) is 31.3 Å². The maximum absolute atomic E-state index is 12.3. The summed E-state index contributed by atoms with van der Waals surface area (Å²) in [6.07, 6.45) is 2.80. The van der Waals surface area contributed by atoms with E-state index in [4.69, 9.17) is 11.6 Å². The molecule has 120 valence electrons. The maximum atomic E-state index is 12.3. The Labute approximate surface area is 135 Å². The summed E-state index contributed by atoms with van der Waals surface area (Å²) in [4.78, 5) is 16.4. The number of hydrogen-bond donors (Lipinski definition) is 2. The predicted octanol–water partition coefficient (Wildman–Crippen LogP) is 2.09. The second kappa shape index (κ2) is 6.75. The molecule has 2 saturated heterocycles. The number of nitrogens with zero attached hydrogens (tertiary/aromatic N) is 2. The minimum absolute atomic E-state index is 0.0197. The van der Waals surface area contributed by atoms with E-state index in [1.165, 1.54) is 0 Å². The Morgan fingerprint density at radius 3 is 2.77 bits per heavy atom. The van der Waals surface area contributed by atoms with E-state index in [0.717, 1.165) is 49.6 Å². The fourth-order valence-electron chi connectivity index (χ4n) is 3.31. The molecule has 0 aromatic heterocycles. The lowest BCUT2D eigenvalue weighted by molar-refractivity contribution is 0.155. The fraction of sp³-hybridized carbons (Fsp3) is 0.562. The normalized spacial score (nSPS) is 24.8. The molecule has 0 aliphatic carbocycles. The molecule has 1 aromatic carbocycles. The highest BCUT2D eigenvalue weighted by atomic mass is 35.5. The number of carbonyl (C=O) groups excluding carboxylic acids is 1. The summed E-state index contributed by atoms with van der Waals surface area (Å²) in [5.74, 6) is 0. The first-order chi connectivity index (χ1) is 10.7. The number of aliphatic hydroxyl groups excluding tert-OH is 1. The third kappa shape index (κ3) is 3.31. The lowest BCUT2D eigenvalue weighted by Gasteiger charge is -2.25. The van der Waals surface area contributed by atoms with Crippen molar-refractivity contribution >= 4 is 23.3 Å². The van der Waals surface area contributed by atoms with Crippen molar-refractivity contribution in [2.24, 2.45) is 0 Å². The number of halogens is 1. The quantitative estimate of drug-likeness (QED) is 0.895. The largest absolute Gasteiger partial charge is 0.394 e. The Morgan fingerprint density at radius 2 is 2.05 bits per heavy atom. The van der Waals surface area contributed by atoms with Gasteiger partial charge in [-0.05, 0) is 43.5 Å². The van der Waals surface area contributed by atoms with Crippen molar-refractivity contribution < 1.29 is 9.90 Å². The van der Waals surface area contributed by atoms with Gasteiger partial charge in [0.2, 0.25) is 0 Å². The van der Waals surface area contributed by atoms with E-state index in [0.29, 0.717) is 0 Å². The number of carbonyl (C=O) groups is 1. The molecule has 0 radical (unpaired) electrons. The molecule has 2 fully saturated rings. The number of likely N-dealkylation sites (tertiary alicyclic amines) is 1.